The Hall–Kier alpha value is -4.70. The maximum atomic E-state index is 14.0. The van der Waals surface area contributed by atoms with Gasteiger partial charge in [-0.1, -0.05) is 60.2 Å². The normalized spacial score (nSPS) is 22.9. The van der Waals surface area contributed by atoms with Gasteiger partial charge in [-0.25, -0.2) is 0 Å². The van der Waals surface area contributed by atoms with E-state index in [1.165, 1.54) is 4.90 Å². The van der Waals surface area contributed by atoms with Crippen LogP contribution in [0.4, 0.5) is 17.1 Å². The van der Waals surface area contributed by atoms with Crippen molar-refractivity contribution in [3.05, 3.63) is 113 Å². The van der Waals surface area contributed by atoms with Crippen molar-refractivity contribution < 1.29 is 29.5 Å². The molecule has 2 heterocycles. The molecule has 9 heteroatoms. The molecule has 0 saturated carbocycles. The highest BCUT2D eigenvalue weighted by molar-refractivity contribution is 6.43. The van der Waals surface area contributed by atoms with Crippen molar-refractivity contribution in [3.8, 4) is 5.75 Å². The summed E-state index contributed by atoms with van der Waals surface area (Å²) in [5, 5.41) is 36.7. The number of aliphatic hydroxyl groups is 1. The van der Waals surface area contributed by atoms with E-state index in [9.17, 15) is 24.8 Å². The first-order valence-electron chi connectivity index (χ1n) is 16.2. The van der Waals surface area contributed by atoms with Crippen LogP contribution in [0.2, 0.25) is 6.32 Å². The van der Waals surface area contributed by atoms with E-state index in [4.69, 9.17) is 4.65 Å². The number of imide groups is 1. The predicted molar refractivity (Wildman–Crippen MR) is 184 cm³/mol. The molecule has 0 bridgehead atoms. The summed E-state index contributed by atoms with van der Waals surface area (Å²) in [7, 11) is -1.09. The van der Waals surface area contributed by atoms with E-state index >= 15 is 0 Å². The lowest BCUT2D eigenvalue weighted by Gasteiger charge is -2.42. The molecular formula is C38H37BN2O6. The lowest BCUT2D eigenvalue weighted by molar-refractivity contribution is -0.122. The number of aromatic hydroxyl groups is 1. The van der Waals surface area contributed by atoms with E-state index in [1.54, 1.807) is 18.2 Å². The zero-order valence-electron chi connectivity index (χ0n) is 26.2. The van der Waals surface area contributed by atoms with Crippen molar-refractivity contribution in [1.29, 1.82) is 0 Å². The van der Waals surface area contributed by atoms with Gasteiger partial charge in [0.25, 0.3) is 0 Å². The molecule has 4 atom stereocenters. The fraction of sp³-hybridized carbons (Fsp3) is 0.263. The lowest BCUT2D eigenvalue weighted by Crippen LogP contribution is -2.46. The molecule has 2 fully saturated rings. The molecule has 3 aliphatic rings. The zero-order valence-corrected chi connectivity index (χ0v) is 26.2. The second-order valence-electron chi connectivity index (χ2n) is 12.8. The Morgan fingerprint density at radius 2 is 1.62 bits per heavy atom. The second-order valence-corrected chi connectivity index (χ2v) is 12.8. The van der Waals surface area contributed by atoms with E-state index < -0.39 is 31.0 Å². The van der Waals surface area contributed by atoms with Crippen LogP contribution in [-0.4, -0.2) is 46.9 Å². The van der Waals surface area contributed by atoms with Crippen molar-refractivity contribution in [2.24, 2.45) is 17.8 Å². The van der Waals surface area contributed by atoms with Crippen molar-refractivity contribution >= 4 is 52.8 Å². The number of anilines is 3. The largest absolute Gasteiger partial charge is 0.507 e. The first-order valence-corrected chi connectivity index (χ1v) is 16.2. The van der Waals surface area contributed by atoms with E-state index in [0.717, 1.165) is 44.4 Å². The van der Waals surface area contributed by atoms with Gasteiger partial charge in [-0.3, -0.25) is 14.5 Å². The molecule has 0 spiro atoms. The van der Waals surface area contributed by atoms with Gasteiger partial charge >= 0.3 is 7.12 Å². The number of phenols is 1. The van der Waals surface area contributed by atoms with Crippen LogP contribution in [0.15, 0.2) is 108 Å². The average molecular weight is 629 g/mol. The Morgan fingerprint density at radius 3 is 2.36 bits per heavy atom. The number of para-hydroxylation sites is 1. The Bertz CT molecular complexity index is 1890. The number of hydrogen-bond acceptors (Lipinski definition) is 7. The number of hydrogen-bond donors (Lipinski definition) is 4. The van der Waals surface area contributed by atoms with Gasteiger partial charge < -0.3 is 25.2 Å². The number of phenolic OH excluding ortho intramolecular Hbond substituents is 1. The molecule has 7 rings (SSSR count). The van der Waals surface area contributed by atoms with Gasteiger partial charge in [0.05, 0.1) is 30.2 Å². The number of carbonyl (C=O) groups excluding carboxylic acids is 2. The molecule has 8 nitrogen and oxygen atoms in total. The first kappa shape index (κ1) is 30.9. The van der Waals surface area contributed by atoms with Crippen molar-refractivity contribution in [3.63, 3.8) is 0 Å². The summed E-state index contributed by atoms with van der Waals surface area (Å²) in [6.45, 7) is 1.80. The van der Waals surface area contributed by atoms with Gasteiger partial charge in [-0.15, -0.1) is 0 Å². The minimum absolute atomic E-state index is 0.192. The van der Waals surface area contributed by atoms with Gasteiger partial charge in [0.2, 0.25) is 11.8 Å². The third kappa shape index (κ3) is 5.87. The number of carbonyl (C=O) groups is 2. The summed E-state index contributed by atoms with van der Waals surface area (Å²) in [5.41, 5.74) is 5.93. The number of fused-ring (bicyclic) bond motifs is 4. The summed E-state index contributed by atoms with van der Waals surface area (Å²) < 4.78 is 6.07. The van der Waals surface area contributed by atoms with Gasteiger partial charge in [0.15, 0.2) is 0 Å². The number of allylic oxidation sites excluding steroid dienone is 1. The van der Waals surface area contributed by atoms with Crippen molar-refractivity contribution in [2.75, 3.05) is 16.8 Å². The third-order valence-electron chi connectivity index (χ3n) is 9.82. The van der Waals surface area contributed by atoms with Gasteiger partial charge in [-0.05, 0) is 103 Å². The molecule has 2 aliphatic heterocycles. The predicted octanol–water partition coefficient (Wildman–Crippen LogP) is 6.47. The van der Waals surface area contributed by atoms with E-state index in [0.29, 0.717) is 18.5 Å². The van der Waals surface area contributed by atoms with Crippen molar-refractivity contribution in [2.45, 2.75) is 38.6 Å². The number of nitrogens with one attached hydrogen (secondary N) is 1. The van der Waals surface area contributed by atoms with Crippen LogP contribution in [0.25, 0.3) is 16.8 Å². The van der Waals surface area contributed by atoms with Crippen LogP contribution in [-0.2, 0) is 14.2 Å². The second kappa shape index (κ2) is 12.8. The van der Waals surface area contributed by atoms with Crippen LogP contribution in [0.5, 0.6) is 5.75 Å². The number of amides is 2. The standard InChI is InChI=1S/C38H37BN2O6/c1-23(19-24-12-17-33(43)30-10-6-5-9-29(24)30)11-18-34-35-25(22-42)20-31-36(32(35)21-39(46)47-34)38(45)41(37(31)44)28-15-13-27(14-16-28)40-26-7-3-2-4-8-26/h2-10,12-17,19,31-32,34,36,40,42-43,46H,11,18,20-22H2,1H3/b23-19+/t31-,32+,34-,36-/m1/s1. The lowest BCUT2D eigenvalue weighted by atomic mass is 9.58. The smallest absolute Gasteiger partial charge is 0.455 e. The SMILES string of the molecule is C/C(=C\c1ccc(O)c2ccccc12)CC[C@H]1OB(O)C[C@H]2C1=C(CO)C[C@H]1C(=O)N(c3ccc(Nc4ccccc4)cc3)C(=O)[C@H]12. The number of benzene rings is 4. The number of nitrogens with zero attached hydrogens (tertiary/aromatic N) is 1. The molecule has 0 radical (unpaired) electrons. The van der Waals surface area contributed by atoms with Crippen LogP contribution >= 0.6 is 0 Å². The maximum Gasteiger partial charge on any atom is 0.455 e. The highest BCUT2D eigenvalue weighted by Crippen LogP contribution is 2.51. The molecule has 4 aromatic rings. The highest BCUT2D eigenvalue weighted by Gasteiger charge is 2.57. The molecule has 238 valence electrons. The maximum absolute atomic E-state index is 14.0. The Morgan fingerprint density at radius 1 is 0.915 bits per heavy atom. The summed E-state index contributed by atoms with van der Waals surface area (Å²) in [5.74, 6) is -1.94. The Balaban J connectivity index is 1.11. The monoisotopic (exact) mass is 628 g/mol. The fourth-order valence-electron chi connectivity index (χ4n) is 7.68. The van der Waals surface area contributed by atoms with Crippen LogP contribution < -0.4 is 10.2 Å². The molecule has 0 unspecified atom stereocenters. The molecule has 1 aliphatic carbocycles. The first-order chi connectivity index (χ1) is 22.8. The van der Waals surface area contributed by atoms with Crippen LogP contribution in [0.1, 0.15) is 31.7 Å². The molecule has 0 aromatic heterocycles. The molecule has 47 heavy (non-hydrogen) atoms. The van der Waals surface area contributed by atoms with Gasteiger partial charge in [-0.2, -0.15) is 0 Å². The fourth-order valence-corrected chi connectivity index (χ4v) is 7.68. The minimum Gasteiger partial charge on any atom is -0.507 e. The highest BCUT2D eigenvalue weighted by atomic mass is 16.5. The van der Waals surface area contributed by atoms with E-state index in [-0.39, 0.29) is 36.9 Å². The zero-order chi connectivity index (χ0) is 32.7. The van der Waals surface area contributed by atoms with Crippen LogP contribution in [0.3, 0.4) is 0 Å². The molecule has 2 saturated heterocycles. The van der Waals surface area contributed by atoms with Gasteiger partial charge in [0, 0.05) is 16.8 Å². The third-order valence-corrected chi connectivity index (χ3v) is 9.82. The van der Waals surface area contributed by atoms with Crippen molar-refractivity contribution in [1.82, 2.24) is 0 Å². The topological polar surface area (TPSA) is 119 Å². The Labute approximate surface area is 274 Å². The summed E-state index contributed by atoms with van der Waals surface area (Å²) >= 11 is 0. The molecule has 4 N–H and O–H groups in total. The summed E-state index contributed by atoms with van der Waals surface area (Å²) in [4.78, 5) is 29.1. The number of rotatable bonds is 8. The Kier molecular flexibility index (Phi) is 8.45. The summed E-state index contributed by atoms with van der Waals surface area (Å²) in [6, 6.07) is 28.3. The summed E-state index contributed by atoms with van der Waals surface area (Å²) in [6.07, 6.45) is 3.27. The average Bonchev–Trinajstić information content (AvgIpc) is 3.34. The molecular weight excluding hydrogens is 591 g/mol. The van der Waals surface area contributed by atoms with Crippen LogP contribution in [0, 0.1) is 17.8 Å². The van der Waals surface area contributed by atoms with Gasteiger partial charge in [0.1, 0.15) is 5.75 Å². The van der Waals surface area contributed by atoms with E-state index in [1.807, 2.05) is 79.7 Å². The molecule has 2 amide bonds. The quantitative estimate of drug-likeness (QED) is 0.100. The minimum atomic E-state index is -1.09. The van der Waals surface area contributed by atoms with E-state index in [2.05, 4.69) is 11.4 Å². The molecule has 4 aromatic carbocycles. The number of aliphatic hydroxyl groups excluding tert-OH is 1.